The summed E-state index contributed by atoms with van der Waals surface area (Å²) in [6.45, 7) is 0.752. The average Bonchev–Trinajstić information content (AvgIpc) is 2.85. The molecule has 0 amide bonds. The molecule has 1 spiro atoms. The van der Waals surface area contributed by atoms with Crippen molar-refractivity contribution in [2.75, 3.05) is 18.1 Å². The first-order valence-electron chi connectivity index (χ1n) is 6.68. The first-order chi connectivity index (χ1) is 9.19. The number of Topliss-reactive ketones (excluding diaryl/α,β-unsaturated/α-hetero) is 1. The Balaban J connectivity index is 1.72. The van der Waals surface area contributed by atoms with Gasteiger partial charge in [0.15, 0.2) is 5.78 Å². The molecule has 19 heavy (non-hydrogen) atoms. The smallest absolute Gasteiger partial charge is 0.167 e. The van der Waals surface area contributed by atoms with E-state index < -0.39 is 0 Å². The number of ether oxygens (including phenoxy) is 1. The van der Waals surface area contributed by atoms with E-state index in [1.54, 1.807) is 11.3 Å². The lowest BCUT2D eigenvalue weighted by Crippen LogP contribution is -2.44. The Morgan fingerprint density at radius 2 is 2.21 bits per heavy atom. The molecule has 0 saturated carbocycles. The number of carbonyl (C=O) groups excluding carboxylic acids is 1. The van der Waals surface area contributed by atoms with Crippen molar-refractivity contribution in [2.24, 2.45) is 5.92 Å². The summed E-state index contributed by atoms with van der Waals surface area (Å²) in [5.41, 5.74) is 0.911. The van der Waals surface area contributed by atoms with Gasteiger partial charge >= 0.3 is 0 Å². The largest absolute Gasteiger partial charge is 0.375 e. The highest BCUT2D eigenvalue weighted by atomic mass is 127. The van der Waals surface area contributed by atoms with Gasteiger partial charge in [-0.05, 0) is 65.8 Å². The molecular formula is C14H17IO2S2. The number of carbonyl (C=O) groups is 1. The minimum atomic E-state index is 0.00695. The van der Waals surface area contributed by atoms with Crippen molar-refractivity contribution in [1.82, 2.24) is 0 Å². The van der Waals surface area contributed by atoms with Crippen molar-refractivity contribution in [3.05, 3.63) is 19.9 Å². The van der Waals surface area contributed by atoms with Crippen LogP contribution < -0.4 is 0 Å². The van der Waals surface area contributed by atoms with Crippen LogP contribution in [-0.2, 0) is 4.74 Å². The molecule has 0 aliphatic carbocycles. The van der Waals surface area contributed by atoms with Gasteiger partial charge in [0.05, 0.1) is 8.48 Å². The van der Waals surface area contributed by atoms with Crippen LogP contribution in [0.15, 0.2) is 11.4 Å². The van der Waals surface area contributed by atoms with Crippen LogP contribution in [0.4, 0.5) is 0 Å². The van der Waals surface area contributed by atoms with Gasteiger partial charge in [-0.2, -0.15) is 11.8 Å². The molecule has 5 heteroatoms. The average molecular weight is 408 g/mol. The first-order valence-corrected chi connectivity index (χ1v) is 9.80. The summed E-state index contributed by atoms with van der Waals surface area (Å²) in [6, 6.07) is 2.02. The fourth-order valence-corrected chi connectivity index (χ4v) is 5.59. The molecular weight excluding hydrogens is 391 g/mol. The van der Waals surface area contributed by atoms with Gasteiger partial charge in [-0.1, -0.05) is 0 Å². The van der Waals surface area contributed by atoms with E-state index in [4.69, 9.17) is 4.74 Å². The van der Waals surface area contributed by atoms with Crippen LogP contribution in [0.1, 0.15) is 36.0 Å². The molecule has 1 aromatic rings. The van der Waals surface area contributed by atoms with Crippen LogP contribution in [0.2, 0.25) is 0 Å². The van der Waals surface area contributed by atoms with Gasteiger partial charge < -0.3 is 4.74 Å². The maximum atomic E-state index is 12.6. The SMILES string of the molecule is O=C(c1csc(I)c1)C1CCOC2(CCSCC2)C1. The molecule has 2 nitrogen and oxygen atoms in total. The molecule has 2 aliphatic rings. The molecule has 0 bridgehead atoms. The van der Waals surface area contributed by atoms with Crippen molar-refractivity contribution in [3.8, 4) is 0 Å². The first kappa shape index (κ1) is 14.4. The zero-order chi connectivity index (χ0) is 13.3. The second-order valence-electron chi connectivity index (χ2n) is 5.34. The Bertz CT molecular complexity index is 460. The summed E-state index contributed by atoms with van der Waals surface area (Å²) in [4.78, 5) is 12.6. The third-order valence-corrected chi connectivity index (χ3v) is 6.89. The molecule has 2 fully saturated rings. The van der Waals surface area contributed by atoms with E-state index in [1.165, 1.54) is 14.4 Å². The number of rotatable bonds is 2. The minimum Gasteiger partial charge on any atom is -0.375 e. The summed E-state index contributed by atoms with van der Waals surface area (Å²) in [5, 5.41) is 2.00. The van der Waals surface area contributed by atoms with Crippen molar-refractivity contribution in [1.29, 1.82) is 0 Å². The molecule has 3 heterocycles. The highest BCUT2D eigenvalue weighted by molar-refractivity contribution is 14.1. The Hall–Kier alpha value is 0.410. The van der Waals surface area contributed by atoms with Gasteiger partial charge in [0, 0.05) is 23.5 Å². The van der Waals surface area contributed by atoms with E-state index in [9.17, 15) is 4.79 Å². The Morgan fingerprint density at radius 1 is 1.42 bits per heavy atom. The fourth-order valence-electron chi connectivity index (χ4n) is 3.02. The van der Waals surface area contributed by atoms with Gasteiger partial charge in [0.1, 0.15) is 0 Å². The van der Waals surface area contributed by atoms with E-state index in [2.05, 4.69) is 22.6 Å². The third kappa shape index (κ3) is 3.19. The standard InChI is InChI=1S/C14H17IO2S2/c15-12-7-11(9-19-12)13(16)10-1-4-17-14(8-10)2-5-18-6-3-14/h7,9-10H,1-6,8H2. The van der Waals surface area contributed by atoms with E-state index in [0.717, 1.165) is 37.9 Å². The molecule has 0 N–H and O–H groups in total. The number of ketones is 1. The van der Waals surface area contributed by atoms with Gasteiger partial charge in [-0.25, -0.2) is 0 Å². The lowest BCUT2D eigenvalue weighted by Gasteiger charge is -2.42. The maximum Gasteiger partial charge on any atom is 0.167 e. The van der Waals surface area contributed by atoms with Crippen LogP contribution in [0, 0.1) is 8.80 Å². The van der Waals surface area contributed by atoms with Crippen molar-refractivity contribution >= 4 is 51.5 Å². The third-order valence-electron chi connectivity index (χ3n) is 4.12. The minimum absolute atomic E-state index is 0.00695. The molecule has 2 aliphatic heterocycles. The summed E-state index contributed by atoms with van der Waals surface area (Å²) in [5.74, 6) is 2.86. The van der Waals surface area contributed by atoms with Gasteiger partial charge in [0.2, 0.25) is 0 Å². The maximum absolute atomic E-state index is 12.6. The van der Waals surface area contributed by atoms with Crippen LogP contribution in [0.3, 0.4) is 0 Å². The zero-order valence-corrected chi connectivity index (χ0v) is 14.5. The summed E-state index contributed by atoms with van der Waals surface area (Å²) < 4.78 is 7.25. The van der Waals surface area contributed by atoms with Crippen LogP contribution in [-0.4, -0.2) is 29.5 Å². The van der Waals surface area contributed by atoms with Crippen LogP contribution in [0.5, 0.6) is 0 Å². The van der Waals surface area contributed by atoms with E-state index >= 15 is 0 Å². The van der Waals surface area contributed by atoms with Crippen molar-refractivity contribution in [3.63, 3.8) is 0 Å². The van der Waals surface area contributed by atoms with Gasteiger partial charge in [0.25, 0.3) is 0 Å². The number of hydrogen-bond acceptors (Lipinski definition) is 4. The molecule has 0 radical (unpaired) electrons. The second-order valence-corrected chi connectivity index (χ2v) is 9.37. The fraction of sp³-hybridized carbons (Fsp3) is 0.643. The lowest BCUT2D eigenvalue weighted by molar-refractivity contribution is -0.0959. The topological polar surface area (TPSA) is 26.3 Å². The predicted octanol–water partition coefficient (Wildman–Crippen LogP) is 4.23. The molecule has 1 aromatic heterocycles. The summed E-state index contributed by atoms with van der Waals surface area (Å²) >= 11 is 5.94. The second kappa shape index (κ2) is 6.03. The number of thiophene rings is 1. The summed E-state index contributed by atoms with van der Waals surface area (Å²) in [6.07, 6.45) is 4.05. The van der Waals surface area contributed by atoms with Gasteiger partial charge in [-0.3, -0.25) is 4.79 Å². The highest BCUT2D eigenvalue weighted by Gasteiger charge is 2.41. The number of thioether (sulfide) groups is 1. The quantitative estimate of drug-likeness (QED) is 0.541. The molecule has 104 valence electrons. The van der Waals surface area contributed by atoms with Crippen molar-refractivity contribution in [2.45, 2.75) is 31.3 Å². The molecule has 1 unspecified atom stereocenters. The molecule has 1 atom stereocenters. The summed E-state index contributed by atoms with van der Waals surface area (Å²) in [7, 11) is 0. The molecule has 3 rings (SSSR count). The van der Waals surface area contributed by atoms with Crippen LogP contribution in [0.25, 0.3) is 0 Å². The zero-order valence-electron chi connectivity index (χ0n) is 10.7. The van der Waals surface area contributed by atoms with Crippen molar-refractivity contribution < 1.29 is 9.53 Å². The van der Waals surface area contributed by atoms with E-state index in [-0.39, 0.29) is 11.5 Å². The van der Waals surface area contributed by atoms with E-state index in [1.807, 2.05) is 23.2 Å². The predicted molar refractivity (Wildman–Crippen MR) is 89.3 cm³/mol. The number of halogens is 1. The Morgan fingerprint density at radius 3 is 2.89 bits per heavy atom. The van der Waals surface area contributed by atoms with E-state index in [0.29, 0.717) is 5.78 Å². The lowest BCUT2D eigenvalue weighted by atomic mass is 9.79. The molecule has 2 saturated heterocycles. The Kier molecular flexibility index (Phi) is 4.56. The normalized spacial score (nSPS) is 26.5. The van der Waals surface area contributed by atoms with Crippen LogP contribution >= 0.6 is 45.7 Å². The highest BCUT2D eigenvalue weighted by Crippen LogP contribution is 2.40. The number of hydrogen-bond donors (Lipinski definition) is 0. The monoisotopic (exact) mass is 408 g/mol. The van der Waals surface area contributed by atoms with Gasteiger partial charge in [-0.15, -0.1) is 11.3 Å². The molecule has 0 aromatic carbocycles. The Labute approximate surface area is 135 Å².